The summed E-state index contributed by atoms with van der Waals surface area (Å²) in [5, 5.41) is 21.9. The number of halogens is 1. The van der Waals surface area contributed by atoms with E-state index in [1.807, 2.05) is 13.0 Å². The van der Waals surface area contributed by atoms with Crippen LogP contribution in [0.15, 0.2) is 35.9 Å². The van der Waals surface area contributed by atoms with Gasteiger partial charge in [0, 0.05) is 59.4 Å². The molecule has 3 aliphatic heterocycles. The number of amides is 7. The number of nitrogens with two attached hydrogens (primary N) is 2. The Hall–Kier alpha value is -6.30. The lowest BCUT2D eigenvalue weighted by Gasteiger charge is -2.42. The molecule has 476 valence electrons. The highest BCUT2D eigenvalue weighted by Gasteiger charge is 2.64. The van der Waals surface area contributed by atoms with Gasteiger partial charge in [-0.1, -0.05) is 42.3 Å². The van der Waals surface area contributed by atoms with Crippen molar-refractivity contribution >= 4 is 70.6 Å². The van der Waals surface area contributed by atoms with Gasteiger partial charge in [-0.25, -0.2) is 9.59 Å². The lowest BCUT2D eigenvalue weighted by molar-refractivity contribution is -0.162. The van der Waals surface area contributed by atoms with Crippen LogP contribution in [0.1, 0.15) is 91.5 Å². The number of carbonyl (C=O) groups excluding carboxylic acids is 9. The van der Waals surface area contributed by atoms with E-state index in [9.17, 15) is 48.3 Å². The minimum atomic E-state index is -1.90. The average Bonchev–Trinajstić information content (AvgIpc) is 2.04. The van der Waals surface area contributed by atoms with Crippen molar-refractivity contribution in [3.8, 4) is 5.75 Å². The molecule has 3 aliphatic rings. The van der Waals surface area contributed by atoms with Crippen LogP contribution < -0.4 is 42.4 Å². The number of epoxide rings is 1. The van der Waals surface area contributed by atoms with Gasteiger partial charge in [-0.15, -0.1) is 0 Å². The van der Waals surface area contributed by atoms with Crippen molar-refractivity contribution in [2.45, 2.75) is 146 Å². The highest BCUT2D eigenvalue weighted by Crippen LogP contribution is 2.49. The van der Waals surface area contributed by atoms with Crippen molar-refractivity contribution < 1.29 is 90.9 Å². The molecule has 10 atom stereocenters. The van der Waals surface area contributed by atoms with E-state index in [1.165, 1.54) is 52.0 Å². The van der Waals surface area contributed by atoms with E-state index in [4.69, 9.17) is 65.7 Å². The number of rotatable bonds is 32. The third-order valence-corrected chi connectivity index (χ3v) is 15.2. The van der Waals surface area contributed by atoms with Gasteiger partial charge in [0.2, 0.25) is 35.4 Å². The number of nitrogens with zero attached hydrogens (tertiary/aromatic N) is 2. The first kappa shape index (κ1) is 71.2. The smallest absolute Gasteiger partial charge is 0.409 e. The van der Waals surface area contributed by atoms with Crippen LogP contribution in [0, 0.1) is 5.92 Å². The minimum Gasteiger partial charge on any atom is -0.495 e. The molecule has 0 aliphatic carbocycles. The molecule has 4 rings (SSSR count). The molecule has 28 heteroatoms. The zero-order valence-corrected chi connectivity index (χ0v) is 50.9. The monoisotopic (exact) mass is 1220 g/mol. The molecule has 85 heavy (non-hydrogen) atoms. The lowest BCUT2D eigenvalue weighted by atomic mass is 9.83. The van der Waals surface area contributed by atoms with Crippen LogP contribution in [-0.4, -0.2) is 211 Å². The first-order valence-electron chi connectivity index (χ1n) is 28.3. The zero-order chi connectivity index (χ0) is 63.0. The van der Waals surface area contributed by atoms with E-state index in [0.29, 0.717) is 57.4 Å². The van der Waals surface area contributed by atoms with Gasteiger partial charge in [-0.2, -0.15) is 0 Å². The van der Waals surface area contributed by atoms with Crippen molar-refractivity contribution in [2.75, 3.05) is 99.2 Å². The Kier molecular flexibility index (Phi) is 29.1. The van der Waals surface area contributed by atoms with Crippen molar-refractivity contribution in [2.24, 2.45) is 17.4 Å². The number of nitrogens with one attached hydrogen (secondary N) is 4. The van der Waals surface area contributed by atoms with Crippen molar-refractivity contribution in [1.29, 1.82) is 0 Å². The molecule has 27 nitrogen and oxygen atoms in total. The van der Waals surface area contributed by atoms with Crippen LogP contribution in [0.2, 0.25) is 5.02 Å². The second-order valence-corrected chi connectivity index (χ2v) is 21.7. The maximum atomic E-state index is 14.4. The number of hydrogen-bond acceptors (Lipinski definition) is 20. The molecule has 2 fully saturated rings. The Labute approximate surface area is 501 Å². The van der Waals surface area contributed by atoms with Gasteiger partial charge in [0.1, 0.15) is 46.8 Å². The number of alkyl carbamates (subject to hydrolysis) is 1. The highest BCUT2D eigenvalue weighted by molar-refractivity contribution is 6.35. The summed E-state index contributed by atoms with van der Waals surface area (Å²) in [6, 6.07) is -0.201. The van der Waals surface area contributed by atoms with Gasteiger partial charge in [0.15, 0.2) is 11.5 Å². The lowest BCUT2D eigenvalue weighted by Crippen LogP contribution is -2.63. The molecule has 0 unspecified atom stereocenters. The summed E-state index contributed by atoms with van der Waals surface area (Å²) in [6.07, 6.45) is -0.274. The van der Waals surface area contributed by atoms with E-state index in [2.05, 4.69) is 21.3 Å². The molecule has 0 spiro atoms. The van der Waals surface area contributed by atoms with Gasteiger partial charge in [-0.3, -0.25) is 38.9 Å². The molecule has 7 amide bonds. The number of carbonyl (C=O) groups is 9. The second kappa shape index (κ2) is 34.7. The Morgan fingerprint density at radius 1 is 0.929 bits per heavy atom. The SMILES string of the molecule is COc1cc2cc(c1Cl)N(C)C(=O)C[C@H](OC(=O)[C@H](C)N(C)C(=O)CCCCC(=O)NCC(=O)[C@H](C)NC(=O)[C@H](CC(N)=O)NC(=O)CCOCCOCCOCCOCCN)[C@]1(C)O[C@H]1[C@H](C)[C@@H]1C[C@@](O)(NC(=O)O1)[C@H](OC)/C=C/C=C(\C)C2. The summed E-state index contributed by atoms with van der Waals surface area (Å²) in [4.78, 5) is 121. The van der Waals surface area contributed by atoms with Crippen LogP contribution in [0.25, 0.3) is 0 Å². The number of methoxy groups -OCH3 is 2. The molecule has 9 N–H and O–H groups in total. The number of likely N-dealkylation sites (N-methyl/N-ethyl adjacent to an activating group) is 1. The summed E-state index contributed by atoms with van der Waals surface area (Å²) in [5.41, 5.74) is 9.38. The average molecular weight is 1220 g/mol. The fourth-order valence-corrected chi connectivity index (χ4v) is 9.78. The largest absolute Gasteiger partial charge is 0.495 e. The number of benzene rings is 1. The number of unbranched alkanes of at least 4 members (excludes halogenated alkanes) is 1. The number of ketones is 1. The fraction of sp³-hybridized carbons (Fsp3) is 0.667. The van der Waals surface area contributed by atoms with Gasteiger partial charge in [0.25, 0.3) is 0 Å². The number of anilines is 1. The standard InChI is InChI=1S/C57H87ClN8O19/c1-34-13-12-14-44(78-9)57(76)32-43(83-55(75)64-57)35(2)52-56(5,85-52)45(31-50(72)66(7)40-28-38(27-34)29-42(77-8)51(40)58)84-54(74)37(4)65(6)49(71)16-11-10-15-47(69)61-33-41(67)36(3)62-53(73)39(30-46(60)68)63-48(70)17-19-79-21-23-81-25-26-82-24-22-80-20-18-59/h12-14,28-29,35-37,39,43-45,52,76H,10-11,15-27,30-33,59H2,1-9H3,(H2,60,68)(H,61,69)(H,62,73)(H,63,70)(H,64,75)/b14-12+,34-13+/t35-,36+,37+,39+,43+,44-,45+,52+,56+,57+/m1/s1. The van der Waals surface area contributed by atoms with Crippen LogP contribution in [-0.2, 0) is 82.7 Å². The van der Waals surface area contributed by atoms with Crippen LogP contribution in [0.5, 0.6) is 5.75 Å². The third-order valence-electron chi connectivity index (χ3n) is 14.8. The van der Waals surface area contributed by atoms with E-state index in [-0.39, 0.29) is 63.4 Å². The molecule has 4 bridgehead atoms. The molecule has 1 aromatic carbocycles. The van der Waals surface area contributed by atoms with Crippen LogP contribution in [0.4, 0.5) is 10.5 Å². The van der Waals surface area contributed by atoms with E-state index in [0.717, 1.165) is 11.1 Å². The maximum absolute atomic E-state index is 14.4. The Morgan fingerprint density at radius 2 is 1.56 bits per heavy atom. The number of hydrogen-bond donors (Lipinski definition) is 7. The molecule has 0 radical (unpaired) electrons. The van der Waals surface area contributed by atoms with E-state index >= 15 is 0 Å². The molecular weight excluding hydrogens is 1140 g/mol. The number of primary amides is 1. The first-order chi connectivity index (χ1) is 40.3. The zero-order valence-electron chi connectivity index (χ0n) is 50.2. The molecule has 0 saturated carbocycles. The summed E-state index contributed by atoms with van der Waals surface area (Å²) >= 11 is 6.81. The molecule has 2 saturated heterocycles. The van der Waals surface area contributed by atoms with Gasteiger partial charge < -0.3 is 85.0 Å². The van der Waals surface area contributed by atoms with Gasteiger partial charge in [0.05, 0.1) is 97.2 Å². The van der Waals surface area contributed by atoms with Crippen LogP contribution >= 0.6 is 11.6 Å². The number of fused-ring (bicyclic) bond motifs is 5. The summed E-state index contributed by atoms with van der Waals surface area (Å²) in [5.74, 6) is -5.59. The predicted octanol–water partition coefficient (Wildman–Crippen LogP) is 1.04. The fourth-order valence-electron chi connectivity index (χ4n) is 9.46. The quantitative estimate of drug-likeness (QED) is 0.0301. The number of aliphatic hydroxyl groups is 1. The number of esters is 1. The van der Waals surface area contributed by atoms with Crippen LogP contribution in [0.3, 0.4) is 0 Å². The number of Topliss-reactive ketones (excluding diaryl/α,β-unsaturated/α-hetero) is 1. The van der Waals surface area contributed by atoms with E-state index < -0.39 is 132 Å². The Balaban J connectivity index is 1.29. The molecular formula is C57H87ClN8O19. The van der Waals surface area contributed by atoms with E-state index in [1.54, 1.807) is 38.1 Å². The topological polar surface area (TPSA) is 367 Å². The molecule has 3 heterocycles. The summed E-state index contributed by atoms with van der Waals surface area (Å²) in [7, 11) is 5.79. The van der Waals surface area contributed by atoms with Crippen molar-refractivity contribution in [3.05, 3.63) is 46.5 Å². The van der Waals surface area contributed by atoms with Gasteiger partial charge >= 0.3 is 12.1 Å². The first-order valence-corrected chi connectivity index (χ1v) is 28.7. The predicted molar refractivity (Wildman–Crippen MR) is 308 cm³/mol. The summed E-state index contributed by atoms with van der Waals surface area (Å²) < 4.78 is 50.7. The molecule has 0 aromatic heterocycles. The number of allylic oxidation sites excluding steroid dienone is 3. The molecule has 1 aromatic rings. The summed E-state index contributed by atoms with van der Waals surface area (Å²) in [6.45, 7) is 10.5. The highest BCUT2D eigenvalue weighted by atomic mass is 35.5. The number of ether oxygens (including phenoxy) is 9. The van der Waals surface area contributed by atoms with Crippen molar-refractivity contribution in [1.82, 2.24) is 26.2 Å². The second-order valence-electron chi connectivity index (χ2n) is 21.4. The Morgan fingerprint density at radius 3 is 2.19 bits per heavy atom. The third kappa shape index (κ3) is 22.2. The Bertz CT molecular complexity index is 2540. The normalized spacial score (nSPS) is 24.4. The maximum Gasteiger partial charge on any atom is 0.409 e. The minimum absolute atomic E-state index is 0.00870. The van der Waals surface area contributed by atoms with Crippen molar-refractivity contribution in [3.63, 3.8) is 0 Å². The van der Waals surface area contributed by atoms with Gasteiger partial charge in [-0.05, 0) is 64.7 Å².